The summed E-state index contributed by atoms with van der Waals surface area (Å²) in [6.07, 6.45) is 3.79. The van der Waals surface area contributed by atoms with Gasteiger partial charge in [-0.1, -0.05) is 13.8 Å². The first-order valence-corrected chi connectivity index (χ1v) is 6.49. The Bertz CT molecular complexity index is 208. The SMILES string of the molecule is CCOC(=O)CN1CCC(CC(C)C)CC1. The van der Waals surface area contributed by atoms with E-state index in [1.807, 2.05) is 6.92 Å². The molecule has 3 heteroatoms. The van der Waals surface area contributed by atoms with E-state index in [0.717, 1.165) is 24.9 Å². The first-order valence-electron chi connectivity index (χ1n) is 6.49. The molecule has 1 aliphatic heterocycles. The average molecular weight is 227 g/mol. The van der Waals surface area contributed by atoms with Crippen LogP contribution in [0.5, 0.6) is 0 Å². The van der Waals surface area contributed by atoms with Crippen LogP contribution in [-0.4, -0.2) is 37.1 Å². The van der Waals surface area contributed by atoms with Crippen LogP contribution in [-0.2, 0) is 9.53 Å². The van der Waals surface area contributed by atoms with Crippen LogP contribution in [0.25, 0.3) is 0 Å². The fraction of sp³-hybridized carbons (Fsp3) is 0.923. The Morgan fingerprint density at radius 1 is 1.38 bits per heavy atom. The Morgan fingerprint density at radius 2 is 2.00 bits per heavy atom. The zero-order chi connectivity index (χ0) is 12.0. The second-order valence-electron chi connectivity index (χ2n) is 5.15. The molecule has 0 aromatic heterocycles. The Morgan fingerprint density at radius 3 is 2.50 bits per heavy atom. The summed E-state index contributed by atoms with van der Waals surface area (Å²) in [6.45, 7) is 9.49. The van der Waals surface area contributed by atoms with E-state index in [2.05, 4.69) is 18.7 Å². The summed E-state index contributed by atoms with van der Waals surface area (Å²) in [5, 5.41) is 0. The highest BCUT2D eigenvalue weighted by atomic mass is 16.5. The summed E-state index contributed by atoms with van der Waals surface area (Å²) in [7, 11) is 0. The average Bonchev–Trinajstić information content (AvgIpc) is 2.20. The molecule has 1 rings (SSSR count). The molecule has 0 spiro atoms. The minimum atomic E-state index is -0.0789. The van der Waals surface area contributed by atoms with Gasteiger partial charge in [-0.3, -0.25) is 9.69 Å². The second-order valence-corrected chi connectivity index (χ2v) is 5.15. The summed E-state index contributed by atoms with van der Waals surface area (Å²) in [5.74, 6) is 1.57. The van der Waals surface area contributed by atoms with Crippen molar-refractivity contribution in [2.45, 2.75) is 40.0 Å². The van der Waals surface area contributed by atoms with Crippen LogP contribution >= 0.6 is 0 Å². The van der Waals surface area contributed by atoms with Crippen molar-refractivity contribution in [2.24, 2.45) is 11.8 Å². The lowest BCUT2D eigenvalue weighted by atomic mass is 9.89. The number of hydrogen-bond acceptors (Lipinski definition) is 3. The van der Waals surface area contributed by atoms with E-state index in [1.165, 1.54) is 19.3 Å². The number of nitrogens with zero attached hydrogens (tertiary/aromatic N) is 1. The van der Waals surface area contributed by atoms with E-state index in [9.17, 15) is 4.79 Å². The van der Waals surface area contributed by atoms with Crippen molar-refractivity contribution in [3.63, 3.8) is 0 Å². The maximum absolute atomic E-state index is 11.3. The standard InChI is InChI=1S/C13H25NO2/c1-4-16-13(15)10-14-7-5-12(6-8-14)9-11(2)3/h11-12H,4-10H2,1-3H3. The molecular weight excluding hydrogens is 202 g/mol. The molecular formula is C13H25NO2. The van der Waals surface area contributed by atoms with Crippen LogP contribution in [0.4, 0.5) is 0 Å². The Kier molecular flexibility index (Phi) is 5.81. The van der Waals surface area contributed by atoms with Crippen molar-refractivity contribution < 1.29 is 9.53 Å². The van der Waals surface area contributed by atoms with Gasteiger partial charge in [-0.2, -0.15) is 0 Å². The molecule has 1 fully saturated rings. The second kappa shape index (κ2) is 6.89. The van der Waals surface area contributed by atoms with E-state index in [1.54, 1.807) is 0 Å². The summed E-state index contributed by atoms with van der Waals surface area (Å²) in [4.78, 5) is 13.5. The Balaban J connectivity index is 2.19. The van der Waals surface area contributed by atoms with Crippen molar-refractivity contribution in [3.8, 4) is 0 Å². The van der Waals surface area contributed by atoms with Gasteiger partial charge in [0.05, 0.1) is 13.2 Å². The van der Waals surface area contributed by atoms with Crippen molar-refractivity contribution in [1.29, 1.82) is 0 Å². The first kappa shape index (κ1) is 13.5. The van der Waals surface area contributed by atoms with Crippen LogP contribution in [0.15, 0.2) is 0 Å². The molecule has 1 aliphatic rings. The van der Waals surface area contributed by atoms with E-state index in [-0.39, 0.29) is 5.97 Å². The lowest BCUT2D eigenvalue weighted by molar-refractivity contribution is -0.144. The quantitative estimate of drug-likeness (QED) is 0.675. The molecule has 16 heavy (non-hydrogen) atoms. The number of esters is 1. The zero-order valence-electron chi connectivity index (χ0n) is 10.9. The highest BCUT2D eigenvalue weighted by Crippen LogP contribution is 2.23. The van der Waals surface area contributed by atoms with Gasteiger partial charge in [0.1, 0.15) is 0 Å². The Hall–Kier alpha value is -0.570. The van der Waals surface area contributed by atoms with Gasteiger partial charge in [0.2, 0.25) is 0 Å². The molecule has 0 atom stereocenters. The van der Waals surface area contributed by atoms with E-state index < -0.39 is 0 Å². The van der Waals surface area contributed by atoms with Crippen molar-refractivity contribution in [2.75, 3.05) is 26.2 Å². The number of ether oxygens (including phenoxy) is 1. The van der Waals surface area contributed by atoms with Gasteiger partial charge in [-0.15, -0.1) is 0 Å². The number of hydrogen-bond donors (Lipinski definition) is 0. The smallest absolute Gasteiger partial charge is 0.320 e. The van der Waals surface area contributed by atoms with E-state index in [4.69, 9.17) is 4.74 Å². The van der Waals surface area contributed by atoms with E-state index in [0.29, 0.717) is 13.2 Å². The minimum absolute atomic E-state index is 0.0789. The summed E-state index contributed by atoms with van der Waals surface area (Å²) in [5.41, 5.74) is 0. The fourth-order valence-corrected chi connectivity index (χ4v) is 2.44. The molecule has 3 nitrogen and oxygen atoms in total. The highest BCUT2D eigenvalue weighted by molar-refractivity contribution is 5.71. The molecule has 0 aliphatic carbocycles. The van der Waals surface area contributed by atoms with Gasteiger partial charge in [0.15, 0.2) is 0 Å². The maximum atomic E-state index is 11.3. The van der Waals surface area contributed by atoms with Gasteiger partial charge in [0, 0.05) is 0 Å². The van der Waals surface area contributed by atoms with Crippen LogP contribution in [0, 0.1) is 11.8 Å². The van der Waals surface area contributed by atoms with Gasteiger partial charge < -0.3 is 4.74 Å². The highest BCUT2D eigenvalue weighted by Gasteiger charge is 2.21. The van der Waals surface area contributed by atoms with Gasteiger partial charge >= 0.3 is 5.97 Å². The molecule has 0 aromatic carbocycles. The summed E-state index contributed by atoms with van der Waals surface area (Å²) >= 11 is 0. The van der Waals surface area contributed by atoms with Crippen LogP contribution < -0.4 is 0 Å². The monoisotopic (exact) mass is 227 g/mol. The summed E-state index contributed by atoms with van der Waals surface area (Å²) < 4.78 is 4.96. The normalized spacial score (nSPS) is 19.0. The predicted octanol–water partition coefficient (Wildman–Crippen LogP) is 2.31. The number of rotatable bonds is 5. The number of carbonyl (C=O) groups is 1. The van der Waals surface area contributed by atoms with Crippen LogP contribution in [0.2, 0.25) is 0 Å². The lowest BCUT2D eigenvalue weighted by Gasteiger charge is -2.31. The van der Waals surface area contributed by atoms with E-state index >= 15 is 0 Å². The van der Waals surface area contributed by atoms with Crippen molar-refractivity contribution in [1.82, 2.24) is 4.90 Å². The third-order valence-electron chi connectivity index (χ3n) is 3.17. The molecule has 0 radical (unpaired) electrons. The largest absolute Gasteiger partial charge is 0.465 e. The van der Waals surface area contributed by atoms with Crippen molar-refractivity contribution in [3.05, 3.63) is 0 Å². The lowest BCUT2D eigenvalue weighted by Crippen LogP contribution is -2.38. The predicted molar refractivity (Wildman–Crippen MR) is 65.3 cm³/mol. The molecule has 0 aromatic rings. The molecule has 94 valence electrons. The van der Waals surface area contributed by atoms with Crippen molar-refractivity contribution >= 4 is 5.97 Å². The number of piperidine rings is 1. The third kappa shape index (κ3) is 4.97. The first-order chi connectivity index (χ1) is 7.61. The molecule has 0 N–H and O–H groups in total. The summed E-state index contributed by atoms with van der Waals surface area (Å²) in [6, 6.07) is 0. The minimum Gasteiger partial charge on any atom is -0.465 e. The fourth-order valence-electron chi connectivity index (χ4n) is 2.44. The number of carbonyl (C=O) groups excluding carboxylic acids is 1. The zero-order valence-corrected chi connectivity index (χ0v) is 10.9. The molecule has 0 unspecified atom stereocenters. The van der Waals surface area contributed by atoms with Gasteiger partial charge in [-0.25, -0.2) is 0 Å². The van der Waals surface area contributed by atoms with Crippen LogP contribution in [0.1, 0.15) is 40.0 Å². The topological polar surface area (TPSA) is 29.5 Å². The third-order valence-corrected chi connectivity index (χ3v) is 3.17. The molecule has 1 saturated heterocycles. The van der Waals surface area contributed by atoms with Crippen LogP contribution in [0.3, 0.4) is 0 Å². The molecule has 1 heterocycles. The molecule has 0 saturated carbocycles. The number of likely N-dealkylation sites (tertiary alicyclic amines) is 1. The van der Waals surface area contributed by atoms with Gasteiger partial charge in [0.25, 0.3) is 0 Å². The maximum Gasteiger partial charge on any atom is 0.320 e. The van der Waals surface area contributed by atoms with Gasteiger partial charge in [-0.05, 0) is 51.1 Å². The molecule has 0 bridgehead atoms. The Labute approximate surface area is 99.1 Å². The molecule has 0 amide bonds.